The molecule has 0 saturated carbocycles. The predicted octanol–water partition coefficient (Wildman–Crippen LogP) is 15.4. The van der Waals surface area contributed by atoms with E-state index in [0.29, 0.717) is 24.1 Å². The first-order valence-electron chi connectivity index (χ1n) is 25.0. The second-order valence-electron chi connectivity index (χ2n) is 17.5. The van der Waals surface area contributed by atoms with Crippen LogP contribution in [-0.4, -0.2) is 75.6 Å². The van der Waals surface area contributed by atoms with Crippen molar-refractivity contribution in [2.45, 2.75) is 187 Å². The van der Waals surface area contributed by atoms with E-state index >= 15 is 0 Å². The average molecular weight is 901 g/mol. The van der Waals surface area contributed by atoms with Crippen molar-refractivity contribution in [3.63, 3.8) is 0 Å². The van der Waals surface area contributed by atoms with Crippen LogP contribution in [0.15, 0.2) is 97.2 Å². The summed E-state index contributed by atoms with van der Waals surface area (Å²) in [6.07, 6.45) is 63.2. The van der Waals surface area contributed by atoms with Crippen LogP contribution in [-0.2, 0) is 27.9 Å². The zero-order valence-electron chi connectivity index (χ0n) is 41.0. The summed E-state index contributed by atoms with van der Waals surface area (Å²) in [5.41, 5.74) is 0. The summed E-state index contributed by atoms with van der Waals surface area (Å²) in [5, 5.41) is 0. The van der Waals surface area contributed by atoms with Crippen molar-refractivity contribution >= 4 is 13.8 Å². The number of carbonyl (C=O) groups is 1. The molecule has 2 atom stereocenters. The highest BCUT2D eigenvalue weighted by atomic mass is 31.2. The highest BCUT2D eigenvalue weighted by molar-refractivity contribution is 7.47. The van der Waals surface area contributed by atoms with Crippen LogP contribution in [0.25, 0.3) is 0 Å². The molecule has 8 nitrogen and oxygen atoms in total. The summed E-state index contributed by atoms with van der Waals surface area (Å²) in [6, 6.07) is 0. The van der Waals surface area contributed by atoms with Gasteiger partial charge in [0.25, 0.3) is 0 Å². The second kappa shape index (κ2) is 46.0. The number of carbonyl (C=O) groups excluding carboxylic acids is 1. The summed E-state index contributed by atoms with van der Waals surface area (Å²) in [5.74, 6) is -0.375. The lowest BCUT2D eigenvalue weighted by atomic mass is 10.1. The summed E-state index contributed by atoms with van der Waals surface area (Å²) < 4.78 is 35.0. The van der Waals surface area contributed by atoms with Crippen molar-refractivity contribution in [3.8, 4) is 0 Å². The molecule has 0 amide bonds. The smallest absolute Gasteiger partial charge is 0.457 e. The van der Waals surface area contributed by atoms with Gasteiger partial charge < -0.3 is 18.9 Å². The normalized spacial score (nSPS) is 14.4. The molecule has 63 heavy (non-hydrogen) atoms. The molecule has 0 aromatic heterocycles. The number of rotatable bonds is 45. The van der Waals surface area contributed by atoms with Gasteiger partial charge in [0.1, 0.15) is 19.3 Å². The quantitative estimate of drug-likeness (QED) is 0.0214. The van der Waals surface area contributed by atoms with Crippen LogP contribution >= 0.6 is 7.82 Å². The van der Waals surface area contributed by atoms with Gasteiger partial charge in [0.05, 0.1) is 34.4 Å². The number of phosphoric ester groups is 1. The Morgan fingerprint density at radius 2 is 0.921 bits per heavy atom. The first kappa shape index (κ1) is 60.4. The lowest BCUT2D eigenvalue weighted by Crippen LogP contribution is -2.37. The van der Waals surface area contributed by atoms with Gasteiger partial charge in [-0.05, 0) is 89.9 Å². The van der Waals surface area contributed by atoms with Crippen molar-refractivity contribution in [2.75, 3.05) is 54.1 Å². The Kier molecular flexibility index (Phi) is 44.1. The number of nitrogens with zero attached hydrogens (tertiary/aromatic N) is 1. The molecule has 0 aliphatic heterocycles. The molecule has 0 fully saturated rings. The molecule has 2 unspecified atom stereocenters. The Labute approximate surface area is 387 Å². The Morgan fingerprint density at radius 3 is 1.38 bits per heavy atom. The summed E-state index contributed by atoms with van der Waals surface area (Å²) in [4.78, 5) is 22.9. The molecular weight excluding hydrogens is 806 g/mol. The number of quaternary nitrogens is 1. The van der Waals surface area contributed by atoms with E-state index < -0.39 is 13.9 Å². The van der Waals surface area contributed by atoms with Gasteiger partial charge in [-0.1, -0.05) is 182 Å². The van der Waals surface area contributed by atoms with Crippen molar-refractivity contribution in [1.29, 1.82) is 0 Å². The minimum absolute atomic E-state index is 0.0714. The van der Waals surface area contributed by atoms with Gasteiger partial charge in [-0.3, -0.25) is 13.8 Å². The van der Waals surface area contributed by atoms with Gasteiger partial charge in [0.2, 0.25) is 0 Å². The molecule has 0 heterocycles. The van der Waals surface area contributed by atoms with E-state index in [1.807, 2.05) is 21.1 Å². The molecule has 0 radical (unpaired) electrons. The van der Waals surface area contributed by atoms with Crippen LogP contribution in [0.4, 0.5) is 0 Å². The van der Waals surface area contributed by atoms with Crippen LogP contribution in [0.1, 0.15) is 181 Å². The summed E-state index contributed by atoms with van der Waals surface area (Å²) in [6.45, 7) is 5.39. The first-order valence-corrected chi connectivity index (χ1v) is 26.5. The third-order valence-electron chi connectivity index (χ3n) is 10.1. The zero-order valence-corrected chi connectivity index (χ0v) is 41.9. The number of allylic oxidation sites excluding steroid dienone is 16. The van der Waals surface area contributed by atoms with Crippen molar-refractivity contribution in [1.82, 2.24) is 0 Å². The molecule has 0 aliphatic rings. The van der Waals surface area contributed by atoms with Gasteiger partial charge in [-0.25, -0.2) is 4.57 Å². The fourth-order valence-electron chi connectivity index (χ4n) is 6.30. The Balaban J connectivity index is 4.25. The molecule has 0 aromatic rings. The Hall–Kier alpha value is -2.58. The SMILES string of the molecule is CC/C=C\C/C=C\C/C=C\C/C=C\C/C=C\CCCC(=O)OC(COCCCCCCCCCCC/C=C\C/C=C\C/C=C\CCCCCCC)COP(=O)(O)OCC[N+](C)(C)C. The molecule has 362 valence electrons. The van der Waals surface area contributed by atoms with Gasteiger partial charge >= 0.3 is 13.8 Å². The van der Waals surface area contributed by atoms with Gasteiger partial charge in [0, 0.05) is 13.0 Å². The maximum absolute atomic E-state index is 12.7. The number of unbranched alkanes of at least 4 members (excludes halogenated alkanes) is 15. The molecule has 0 spiro atoms. The minimum Gasteiger partial charge on any atom is -0.457 e. The largest absolute Gasteiger partial charge is 0.472 e. The molecule has 1 N–H and O–H groups in total. The van der Waals surface area contributed by atoms with E-state index in [1.54, 1.807) is 0 Å². The number of esters is 1. The fraction of sp³-hybridized carbons (Fsp3) is 0.685. The number of likely N-dealkylation sites (N-methyl/N-ethyl adjacent to an activating group) is 1. The van der Waals surface area contributed by atoms with Gasteiger partial charge in [-0.15, -0.1) is 0 Å². The van der Waals surface area contributed by atoms with E-state index in [0.717, 1.165) is 64.2 Å². The average Bonchev–Trinajstić information content (AvgIpc) is 3.24. The van der Waals surface area contributed by atoms with Gasteiger partial charge in [-0.2, -0.15) is 0 Å². The van der Waals surface area contributed by atoms with E-state index in [4.69, 9.17) is 18.5 Å². The van der Waals surface area contributed by atoms with E-state index in [-0.39, 0.29) is 32.2 Å². The van der Waals surface area contributed by atoms with E-state index in [9.17, 15) is 14.3 Å². The van der Waals surface area contributed by atoms with E-state index in [1.165, 1.54) is 89.9 Å². The van der Waals surface area contributed by atoms with E-state index in [2.05, 4.69) is 111 Å². The van der Waals surface area contributed by atoms with Crippen molar-refractivity contribution in [3.05, 3.63) is 97.2 Å². The maximum Gasteiger partial charge on any atom is 0.472 e. The topological polar surface area (TPSA) is 91.3 Å². The molecule has 0 rings (SSSR count). The molecule has 0 saturated heterocycles. The maximum atomic E-state index is 12.7. The minimum atomic E-state index is -4.30. The highest BCUT2D eigenvalue weighted by Gasteiger charge is 2.26. The molecule has 0 aliphatic carbocycles. The Bertz CT molecular complexity index is 1320. The van der Waals surface area contributed by atoms with Crippen LogP contribution in [0.2, 0.25) is 0 Å². The molecular formula is C54H95NO7P+. The number of ether oxygens (including phenoxy) is 2. The highest BCUT2D eigenvalue weighted by Crippen LogP contribution is 2.43. The summed E-state index contributed by atoms with van der Waals surface area (Å²) in [7, 11) is 1.61. The monoisotopic (exact) mass is 901 g/mol. The number of hydrogen-bond acceptors (Lipinski definition) is 6. The third kappa shape index (κ3) is 50.3. The second-order valence-corrected chi connectivity index (χ2v) is 18.9. The fourth-order valence-corrected chi connectivity index (χ4v) is 7.04. The van der Waals surface area contributed by atoms with Crippen LogP contribution < -0.4 is 0 Å². The lowest BCUT2D eigenvalue weighted by molar-refractivity contribution is -0.870. The van der Waals surface area contributed by atoms with Crippen LogP contribution in [0, 0.1) is 0 Å². The third-order valence-corrected chi connectivity index (χ3v) is 11.1. The number of hydrogen-bond donors (Lipinski definition) is 1. The molecule has 9 heteroatoms. The first-order chi connectivity index (χ1) is 30.6. The predicted molar refractivity (Wildman–Crippen MR) is 270 cm³/mol. The van der Waals surface area contributed by atoms with Crippen LogP contribution in [0.3, 0.4) is 0 Å². The Morgan fingerprint density at radius 1 is 0.508 bits per heavy atom. The zero-order chi connectivity index (χ0) is 46.2. The van der Waals surface area contributed by atoms with Crippen LogP contribution in [0.5, 0.6) is 0 Å². The lowest BCUT2D eigenvalue weighted by Gasteiger charge is -2.24. The standard InChI is InChI=1S/C54H94NO7P/c1-6-8-10-12-14-16-18-20-22-24-25-26-27-28-29-30-32-34-36-38-40-42-44-46-49-59-51-53(52-61-63(57,58)60-50-48-55(3,4)5)62-54(56)47-45-43-41-39-37-35-33-31-23-21-19-17-15-13-11-9-7-2/h9,11,15,17-18,20-21,23-25,27-28,33,35,39,41,53H,6-8,10,12-14,16,19,22,26,29-32,34,36-38,40,42-52H2,1-5H3/p+1/b11-9-,17-15-,20-18-,23-21-,25-24-,28-27-,35-33-,41-39-. The van der Waals surface area contributed by atoms with Gasteiger partial charge in [0.15, 0.2) is 0 Å². The molecule has 0 aromatic carbocycles. The summed E-state index contributed by atoms with van der Waals surface area (Å²) >= 11 is 0. The molecule has 0 bridgehead atoms. The van der Waals surface area contributed by atoms with Crippen molar-refractivity contribution < 1.29 is 37.3 Å². The number of phosphoric acid groups is 1. The van der Waals surface area contributed by atoms with Crippen molar-refractivity contribution in [2.24, 2.45) is 0 Å².